The summed E-state index contributed by atoms with van der Waals surface area (Å²) in [6, 6.07) is 2.68. The van der Waals surface area contributed by atoms with E-state index < -0.39 is 10.5 Å². The summed E-state index contributed by atoms with van der Waals surface area (Å²) in [5.41, 5.74) is -0.219. The molecule has 0 saturated heterocycles. The van der Waals surface area contributed by atoms with E-state index in [0.29, 0.717) is 18.8 Å². The summed E-state index contributed by atoms with van der Waals surface area (Å²) in [5, 5.41) is 14.4. The van der Waals surface area contributed by atoms with Crippen LogP contribution in [0.25, 0.3) is 0 Å². The average Bonchev–Trinajstić information content (AvgIpc) is 2.30. The Balaban J connectivity index is 2.94. The molecule has 0 radical (unpaired) electrons. The molecule has 0 saturated carbocycles. The Labute approximate surface area is 122 Å². The molecule has 1 aromatic carbocycles. The molecule has 1 N–H and O–H groups in total. The molecule has 0 fully saturated rings. The van der Waals surface area contributed by atoms with E-state index in [2.05, 4.69) is 5.32 Å². The second-order valence-electron chi connectivity index (χ2n) is 4.59. The highest BCUT2D eigenvalue weighted by molar-refractivity contribution is 6.42. The van der Waals surface area contributed by atoms with E-state index in [-0.39, 0.29) is 15.7 Å². The molecule has 0 aliphatic heterocycles. The van der Waals surface area contributed by atoms with Crippen molar-refractivity contribution in [3.63, 3.8) is 0 Å². The predicted octanol–water partition coefficient (Wildman–Crippen LogP) is 4.13. The maximum Gasteiger partial charge on any atom is 0.293 e. The first-order chi connectivity index (χ1) is 8.76. The first kappa shape index (κ1) is 16.0. The Hall–Kier alpha value is -1.04. The summed E-state index contributed by atoms with van der Waals surface area (Å²) in [5.74, 6) is 0. The zero-order valence-electron chi connectivity index (χ0n) is 11.0. The number of nitrogens with zero attached hydrogens (tertiary/aromatic N) is 1. The van der Waals surface area contributed by atoms with Crippen LogP contribution in [0.5, 0.6) is 0 Å². The molecule has 1 aromatic rings. The first-order valence-corrected chi connectivity index (χ1v) is 6.53. The summed E-state index contributed by atoms with van der Waals surface area (Å²) < 4.78 is 5.51. The highest BCUT2D eigenvalue weighted by Crippen LogP contribution is 2.34. The van der Waals surface area contributed by atoms with Crippen molar-refractivity contribution >= 4 is 34.6 Å². The Morgan fingerprint density at radius 3 is 2.47 bits per heavy atom. The van der Waals surface area contributed by atoms with Gasteiger partial charge in [0.15, 0.2) is 0 Å². The van der Waals surface area contributed by atoms with E-state index in [0.717, 1.165) is 0 Å². The van der Waals surface area contributed by atoms with E-state index in [1.54, 1.807) is 0 Å². The molecule has 0 unspecified atom stereocenters. The minimum absolute atomic E-state index is 0.110. The van der Waals surface area contributed by atoms with E-state index in [1.165, 1.54) is 12.1 Å². The van der Waals surface area contributed by atoms with Gasteiger partial charge in [-0.3, -0.25) is 10.1 Å². The van der Waals surface area contributed by atoms with Gasteiger partial charge in [-0.05, 0) is 26.8 Å². The van der Waals surface area contributed by atoms with Crippen LogP contribution in [0, 0.1) is 10.1 Å². The molecular weight excluding hydrogens is 291 g/mol. The highest BCUT2D eigenvalue weighted by Gasteiger charge is 2.21. The van der Waals surface area contributed by atoms with Gasteiger partial charge in [0.05, 0.1) is 20.6 Å². The predicted molar refractivity (Wildman–Crippen MR) is 77.3 cm³/mol. The van der Waals surface area contributed by atoms with Crippen LogP contribution in [0.2, 0.25) is 10.0 Å². The smallest absolute Gasteiger partial charge is 0.293 e. The van der Waals surface area contributed by atoms with Crippen molar-refractivity contribution < 1.29 is 9.66 Å². The molecule has 19 heavy (non-hydrogen) atoms. The molecule has 0 heterocycles. The molecule has 0 aliphatic carbocycles. The number of rotatable bonds is 6. The molecular formula is C12H16Cl2N2O3. The number of nitro benzene ring substituents is 1. The van der Waals surface area contributed by atoms with Crippen LogP contribution in [0.15, 0.2) is 12.1 Å². The van der Waals surface area contributed by atoms with Gasteiger partial charge >= 0.3 is 0 Å². The van der Waals surface area contributed by atoms with Crippen LogP contribution in [-0.2, 0) is 4.74 Å². The number of benzene rings is 1. The number of halogens is 2. The van der Waals surface area contributed by atoms with Crippen LogP contribution in [0.4, 0.5) is 11.4 Å². The second-order valence-corrected chi connectivity index (χ2v) is 5.40. The van der Waals surface area contributed by atoms with E-state index in [4.69, 9.17) is 27.9 Å². The van der Waals surface area contributed by atoms with Crippen LogP contribution in [-0.4, -0.2) is 23.7 Å². The van der Waals surface area contributed by atoms with Gasteiger partial charge in [0.2, 0.25) is 0 Å². The molecule has 5 nitrogen and oxygen atoms in total. The fourth-order valence-electron chi connectivity index (χ4n) is 1.58. The summed E-state index contributed by atoms with van der Waals surface area (Å²) in [6.45, 7) is 6.67. The zero-order valence-corrected chi connectivity index (χ0v) is 12.5. The summed E-state index contributed by atoms with van der Waals surface area (Å²) >= 11 is 11.7. The Bertz CT molecular complexity index is 478. The van der Waals surface area contributed by atoms with Gasteiger partial charge < -0.3 is 10.1 Å². The highest BCUT2D eigenvalue weighted by atomic mass is 35.5. The molecule has 0 aliphatic rings. The topological polar surface area (TPSA) is 64.4 Å². The van der Waals surface area contributed by atoms with Gasteiger partial charge in [-0.2, -0.15) is 0 Å². The number of nitrogens with one attached hydrogen (secondary N) is 1. The Kier molecular flexibility index (Phi) is 5.40. The Morgan fingerprint density at radius 2 is 1.95 bits per heavy atom. The zero-order chi connectivity index (χ0) is 14.6. The van der Waals surface area contributed by atoms with Gasteiger partial charge in [0.25, 0.3) is 5.69 Å². The molecule has 7 heteroatoms. The van der Waals surface area contributed by atoms with E-state index in [1.807, 2.05) is 20.8 Å². The van der Waals surface area contributed by atoms with Gasteiger partial charge in [0.1, 0.15) is 5.69 Å². The monoisotopic (exact) mass is 306 g/mol. The largest absolute Gasteiger partial charge is 0.377 e. The number of anilines is 1. The maximum absolute atomic E-state index is 11.0. The van der Waals surface area contributed by atoms with Crippen LogP contribution >= 0.6 is 23.2 Å². The molecule has 0 bridgehead atoms. The van der Waals surface area contributed by atoms with E-state index in [9.17, 15) is 10.1 Å². The lowest BCUT2D eigenvalue weighted by Gasteiger charge is -2.25. The molecule has 0 aromatic heterocycles. The van der Waals surface area contributed by atoms with Crippen LogP contribution < -0.4 is 5.32 Å². The second kappa shape index (κ2) is 6.41. The SMILES string of the molecule is CCOC(C)(C)CNc1cc(Cl)c(Cl)cc1[N+](=O)[O-]. The fraction of sp³-hybridized carbons (Fsp3) is 0.500. The molecule has 1 rings (SSSR count). The third-order valence-corrected chi connectivity index (χ3v) is 3.20. The lowest BCUT2D eigenvalue weighted by atomic mass is 10.1. The molecule has 0 atom stereocenters. The van der Waals surface area contributed by atoms with Crippen molar-refractivity contribution in [1.82, 2.24) is 0 Å². The van der Waals surface area contributed by atoms with Gasteiger partial charge in [0, 0.05) is 19.2 Å². The fourth-order valence-corrected chi connectivity index (χ4v) is 1.90. The number of nitro groups is 1. The quantitative estimate of drug-likeness (QED) is 0.634. The Morgan fingerprint density at radius 1 is 1.37 bits per heavy atom. The maximum atomic E-state index is 11.0. The standard InChI is InChI=1S/C12H16Cl2N2O3/c1-4-19-12(2,3)7-15-10-5-8(13)9(14)6-11(10)16(17)18/h5-6,15H,4,7H2,1-3H3. The van der Waals surface area contributed by atoms with Crippen LogP contribution in [0.3, 0.4) is 0 Å². The minimum Gasteiger partial charge on any atom is -0.377 e. The summed E-state index contributed by atoms with van der Waals surface area (Å²) in [4.78, 5) is 10.5. The summed E-state index contributed by atoms with van der Waals surface area (Å²) in [6.07, 6.45) is 0. The first-order valence-electron chi connectivity index (χ1n) is 5.78. The third kappa shape index (κ3) is 4.53. The lowest BCUT2D eigenvalue weighted by molar-refractivity contribution is -0.383. The number of hydrogen-bond acceptors (Lipinski definition) is 4. The van der Waals surface area contributed by atoms with E-state index >= 15 is 0 Å². The van der Waals surface area contributed by atoms with Crippen molar-refractivity contribution in [2.75, 3.05) is 18.5 Å². The van der Waals surface area contributed by atoms with Crippen LogP contribution in [0.1, 0.15) is 20.8 Å². The number of ether oxygens (including phenoxy) is 1. The molecule has 106 valence electrons. The third-order valence-electron chi connectivity index (χ3n) is 2.47. The average molecular weight is 307 g/mol. The van der Waals surface area contributed by atoms with Crippen molar-refractivity contribution in [1.29, 1.82) is 0 Å². The number of hydrogen-bond donors (Lipinski definition) is 1. The van der Waals surface area contributed by atoms with Crippen molar-refractivity contribution in [2.24, 2.45) is 0 Å². The van der Waals surface area contributed by atoms with Crippen molar-refractivity contribution in [3.8, 4) is 0 Å². The van der Waals surface area contributed by atoms with Gasteiger partial charge in [-0.25, -0.2) is 0 Å². The lowest BCUT2D eigenvalue weighted by Crippen LogP contribution is -2.33. The molecule has 0 spiro atoms. The minimum atomic E-state index is -0.502. The van der Waals surface area contributed by atoms with Crippen molar-refractivity contribution in [2.45, 2.75) is 26.4 Å². The van der Waals surface area contributed by atoms with Gasteiger partial charge in [-0.1, -0.05) is 23.2 Å². The van der Waals surface area contributed by atoms with Crippen molar-refractivity contribution in [3.05, 3.63) is 32.3 Å². The summed E-state index contributed by atoms with van der Waals surface area (Å²) in [7, 11) is 0. The molecule has 0 amide bonds. The normalized spacial score (nSPS) is 11.4. The van der Waals surface area contributed by atoms with Gasteiger partial charge in [-0.15, -0.1) is 0 Å².